The highest BCUT2D eigenvalue weighted by atomic mass is 15.4. The molecule has 0 N–H and O–H groups in total. The van der Waals surface area contributed by atoms with Crippen molar-refractivity contribution in [2.75, 3.05) is 0 Å². The summed E-state index contributed by atoms with van der Waals surface area (Å²) in [6.07, 6.45) is 1.94. The highest BCUT2D eigenvalue weighted by Gasteiger charge is 2.04. The second-order valence-electron chi connectivity index (χ2n) is 4.25. The lowest BCUT2D eigenvalue weighted by Gasteiger charge is -1.98. The van der Waals surface area contributed by atoms with Gasteiger partial charge in [0.15, 0.2) is 0 Å². The maximum Gasteiger partial charge on any atom is 0.113 e. The van der Waals surface area contributed by atoms with E-state index in [1.807, 2.05) is 50.4 Å². The van der Waals surface area contributed by atoms with Gasteiger partial charge in [0.05, 0.1) is 11.9 Å². The minimum Gasteiger partial charge on any atom is -0.220 e. The van der Waals surface area contributed by atoms with Crippen LogP contribution in [-0.4, -0.2) is 15.0 Å². The first-order chi connectivity index (χ1) is 9.83. The average Bonchev–Trinajstić information content (AvgIpc) is 3.01. The fraction of sp³-hybridized carbons (Fsp3) is 0.176. The third-order valence-corrected chi connectivity index (χ3v) is 2.86. The van der Waals surface area contributed by atoms with E-state index in [1.54, 1.807) is 4.68 Å². The number of aryl methyl sites for hydroxylation is 1. The van der Waals surface area contributed by atoms with Crippen molar-refractivity contribution in [2.24, 2.45) is 0 Å². The third-order valence-electron chi connectivity index (χ3n) is 2.86. The van der Waals surface area contributed by atoms with Crippen LogP contribution in [0.2, 0.25) is 0 Å². The van der Waals surface area contributed by atoms with Crippen LogP contribution in [0.1, 0.15) is 19.4 Å². The zero-order valence-electron chi connectivity index (χ0n) is 12.1. The minimum atomic E-state index is 0.888. The van der Waals surface area contributed by atoms with E-state index in [-0.39, 0.29) is 0 Å². The highest BCUT2D eigenvalue weighted by molar-refractivity contribution is 5.58. The summed E-state index contributed by atoms with van der Waals surface area (Å²) < 4.78 is 1.79. The summed E-state index contributed by atoms with van der Waals surface area (Å²) in [5, 5.41) is 8.36. The van der Waals surface area contributed by atoms with Gasteiger partial charge in [0, 0.05) is 5.56 Å². The Bertz CT molecular complexity index is 640. The Hall–Kier alpha value is -2.42. The van der Waals surface area contributed by atoms with E-state index < -0.39 is 0 Å². The van der Waals surface area contributed by atoms with Crippen LogP contribution < -0.4 is 0 Å². The Kier molecular flexibility index (Phi) is 4.66. The van der Waals surface area contributed by atoms with Crippen LogP contribution >= 0.6 is 0 Å². The molecule has 102 valence electrons. The Morgan fingerprint density at radius 1 is 0.850 bits per heavy atom. The van der Waals surface area contributed by atoms with Crippen molar-refractivity contribution in [1.29, 1.82) is 0 Å². The molecule has 0 saturated carbocycles. The van der Waals surface area contributed by atoms with E-state index in [1.165, 1.54) is 5.56 Å². The summed E-state index contributed by atoms with van der Waals surface area (Å²) in [6, 6.07) is 18.3. The van der Waals surface area contributed by atoms with Crippen molar-refractivity contribution in [3.8, 4) is 16.9 Å². The lowest BCUT2D eigenvalue weighted by Crippen LogP contribution is -1.93. The van der Waals surface area contributed by atoms with Crippen molar-refractivity contribution in [3.63, 3.8) is 0 Å². The largest absolute Gasteiger partial charge is 0.220 e. The lowest BCUT2D eigenvalue weighted by atomic mass is 10.1. The van der Waals surface area contributed by atoms with Gasteiger partial charge in [-0.15, -0.1) is 5.10 Å². The summed E-state index contributed by atoms with van der Waals surface area (Å²) in [4.78, 5) is 0. The second-order valence-corrected chi connectivity index (χ2v) is 4.25. The Morgan fingerprint density at radius 3 is 2.15 bits per heavy atom. The molecule has 0 atom stereocenters. The summed E-state index contributed by atoms with van der Waals surface area (Å²) in [5.41, 5.74) is 4.24. The van der Waals surface area contributed by atoms with Crippen molar-refractivity contribution in [3.05, 3.63) is 66.4 Å². The van der Waals surface area contributed by atoms with Gasteiger partial charge < -0.3 is 0 Å². The quantitative estimate of drug-likeness (QED) is 0.692. The van der Waals surface area contributed by atoms with Crippen LogP contribution in [-0.2, 0) is 0 Å². The van der Waals surface area contributed by atoms with Crippen LogP contribution in [0.5, 0.6) is 0 Å². The summed E-state index contributed by atoms with van der Waals surface area (Å²) in [7, 11) is 0. The molecule has 3 heteroatoms. The third kappa shape index (κ3) is 3.12. The van der Waals surface area contributed by atoms with Crippen molar-refractivity contribution >= 4 is 0 Å². The number of nitrogens with zero attached hydrogens (tertiary/aromatic N) is 3. The van der Waals surface area contributed by atoms with E-state index in [9.17, 15) is 0 Å². The van der Waals surface area contributed by atoms with E-state index in [2.05, 4.69) is 41.5 Å². The smallest absolute Gasteiger partial charge is 0.113 e. The van der Waals surface area contributed by atoms with E-state index in [0.717, 1.165) is 16.9 Å². The van der Waals surface area contributed by atoms with E-state index >= 15 is 0 Å². The van der Waals surface area contributed by atoms with Crippen molar-refractivity contribution < 1.29 is 0 Å². The first kappa shape index (κ1) is 14.0. The molecule has 0 spiro atoms. The van der Waals surface area contributed by atoms with Gasteiger partial charge in [-0.1, -0.05) is 67.1 Å². The van der Waals surface area contributed by atoms with Gasteiger partial charge >= 0.3 is 0 Å². The number of hydrogen-bond acceptors (Lipinski definition) is 2. The molecule has 0 radical (unpaired) electrons. The normalized spacial score (nSPS) is 9.75. The van der Waals surface area contributed by atoms with Crippen LogP contribution in [0.3, 0.4) is 0 Å². The molecule has 0 bridgehead atoms. The van der Waals surface area contributed by atoms with Gasteiger partial charge in [-0.05, 0) is 19.1 Å². The van der Waals surface area contributed by atoms with Gasteiger partial charge in [0.2, 0.25) is 0 Å². The molecule has 0 aliphatic heterocycles. The predicted molar refractivity (Wildman–Crippen MR) is 82.9 cm³/mol. The number of aromatic nitrogens is 3. The van der Waals surface area contributed by atoms with Gasteiger partial charge in [-0.25, -0.2) is 4.68 Å². The van der Waals surface area contributed by atoms with Crippen LogP contribution in [0.15, 0.2) is 60.8 Å². The molecular formula is C17H19N3. The van der Waals surface area contributed by atoms with Crippen molar-refractivity contribution in [2.45, 2.75) is 20.8 Å². The lowest BCUT2D eigenvalue weighted by molar-refractivity contribution is 0.804. The van der Waals surface area contributed by atoms with Gasteiger partial charge in [0.1, 0.15) is 5.69 Å². The molecule has 0 amide bonds. The molecule has 0 saturated heterocycles. The zero-order valence-corrected chi connectivity index (χ0v) is 12.1. The maximum absolute atomic E-state index is 4.21. The Balaban J connectivity index is 0.000000704. The molecule has 1 heterocycles. The average molecular weight is 265 g/mol. The van der Waals surface area contributed by atoms with Crippen molar-refractivity contribution in [1.82, 2.24) is 15.0 Å². The first-order valence-corrected chi connectivity index (χ1v) is 6.88. The second kappa shape index (κ2) is 6.66. The molecule has 0 unspecified atom stereocenters. The van der Waals surface area contributed by atoms with Crippen LogP contribution in [0.4, 0.5) is 0 Å². The van der Waals surface area contributed by atoms with E-state index in [4.69, 9.17) is 0 Å². The molecular weight excluding hydrogens is 246 g/mol. The Morgan fingerprint density at radius 2 is 1.50 bits per heavy atom. The Labute approximate surface area is 119 Å². The van der Waals surface area contributed by atoms with Gasteiger partial charge in [-0.3, -0.25) is 0 Å². The SMILES string of the molecule is CC.Cc1ccc(-c2cn(-c3ccccc3)nn2)cc1. The summed E-state index contributed by atoms with van der Waals surface area (Å²) in [5.74, 6) is 0. The zero-order chi connectivity index (χ0) is 14.4. The first-order valence-electron chi connectivity index (χ1n) is 6.88. The predicted octanol–water partition coefficient (Wildman–Crippen LogP) is 4.27. The van der Waals surface area contributed by atoms with Gasteiger partial charge in [0.25, 0.3) is 0 Å². The number of benzene rings is 2. The standard InChI is InChI=1S/C15H13N3.C2H6/c1-12-7-9-13(10-8-12)15-11-18(17-16-15)14-5-3-2-4-6-14;1-2/h2-11H,1H3;1-2H3. The molecule has 1 aromatic heterocycles. The fourth-order valence-electron chi connectivity index (χ4n) is 1.83. The molecule has 3 aromatic rings. The summed E-state index contributed by atoms with van der Waals surface area (Å²) >= 11 is 0. The molecule has 2 aromatic carbocycles. The monoisotopic (exact) mass is 265 g/mol. The molecule has 0 aliphatic carbocycles. The highest BCUT2D eigenvalue weighted by Crippen LogP contribution is 2.17. The summed E-state index contributed by atoms with van der Waals surface area (Å²) in [6.45, 7) is 6.07. The number of hydrogen-bond donors (Lipinski definition) is 0. The molecule has 20 heavy (non-hydrogen) atoms. The van der Waals surface area contributed by atoms with Crippen LogP contribution in [0, 0.1) is 6.92 Å². The number of rotatable bonds is 2. The number of para-hydroxylation sites is 1. The molecule has 3 rings (SSSR count). The molecule has 3 nitrogen and oxygen atoms in total. The fourth-order valence-corrected chi connectivity index (χ4v) is 1.83. The van der Waals surface area contributed by atoms with E-state index in [0.29, 0.717) is 0 Å². The van der Waals surface area contributed by atoms with Gasteiger partial charge in [-0.2, -0.15) is 0 Å². The molecule has 0 fully saturated rings. The maximum atomic E-state index is 4.21. The topological polar surface area (TPSA) is 30.7 Å². The van der Waals surface area contributed by atoms with Crippen LogP contribution in [0.25, 0.3) is 16.9 Å². The minimum absolute atomic E-state index is 0.888. The molecule has 0 aliphatic rings.